The van der Waals surface area contributed by atoms with E-state index in [4.69, 9.17) is 0 Å². The molecule has 3 saturated heterocycles. The number of hydrogen-bond acceptors (Lipinski definition) is 4. The van der Waals surface area contributed by atoms with Crippen LogP contribution in [0.4, 0.5) is 0 Å². The van der Waals surface area contributed by atoms with E-state index in [-0.39, 0.29) is 0 Å². The molecule has 0 aliphatic carbocycles. The Morgan fingerprint density at radius 3 is 1.48 bits per heavy atom. The normalized spacial score (nSPS) is 27.3. The van der Waals surface area contributed by atoms with E-state index in [9.17, 15) is 0 Å². The average molecular weight is 379 g/mol. The summed E-state index contributed by atoms with van der Waals surface area (Å²) in [6.45, 7) is 25.8. The minimum atomic E-state index is 0.340. The first-order valence-electron chi connectivity index (χ1n) is 11.6. The van der Waals surface area contributed by atoms with Crippen LogP contribution in [-0.4, -0.2) is 95.6 Å². The van der Waals surface area contributed by atoms with E-state index in [2.05, 4.69) is 61.1 Å². The van der Waals surface area contributed by atoms with Gasteiger partial charge in [0, 0.05) is 62.9 Å². The predicted molar refractivity (Wildman–Crippen MR) is 116 cm³/mol. The van der Waals surface area contributed by atoms with E-state index in [1.807, 2.05) is 0 Å². The number of hydrogen-bond donors (Lipinski definition) is 0. The maximum Gasteiger partial charge on any atom is 0.0125 e. The third-order valence-electron chi connectivity index (χ3n) is 7.42. The Hall–Kier alpha value is -0.160. The first kappa shape index (κ1) is 21.5. The van der Waals surface area contributed by atoms with Crippen LogP contribution in [0, 0.1) is 5.92 Å². The van der Waals surface area contributed by atoms with Gasteiger partial charge in [0.2, 0.25) is 0 Å². The van der Waals surface area contributed by atoms with E-state index in [1.165, 1.54) is 84.6 Å². The standard InChI is InChI=1S/C23H46N4/c1-22(2,3)26-11-7-20(8-12-26)19-24-15-17-25(18-16-24)21-9-13-27(14-10-21)23(4,5)6/h20-21H,7-19H2,1-6H3. The van der Waals surface area contributed by atoms with Gasteiger partial charge >= 0.3 is 0 Å². The molecule has 4 nitrogen and oxygen atoms in total. The van der Waals surface area contributed by atoms with Crippen LogP contribution in [0.3, 0.4) is 0 Å². The number of nitrogens with zero attached hydrogens (tertiary/aromatic N) is 4. The lowest BCUT2D eigenvalue weighted by Crippen LogP contribution is -2.56. The first-order valence-corrected chi connectivity index (χ1v) is 11.6. The van der Waals surface area contributed by atoms with Crippen LogP contribution < -0.4 is 0 Å². The van der Waals surface area contributed by atoms with Crippen molar-refractivity contribution in [1.29, 1.82) is 0 Å². The summed E-state index contributed by atoms with van der Waals surface area (Å²) in [6.07, 6.45) is 5.51. The van der Waals surface area contributed by atoms with Gasteiger partial charge in [0.05, 0.1) is 0 Å². The average Bonchev–Trinajstić information content (AvgIpc) is 2.61. The van der Waals surface area contributed by atoms with Crippen molar-refractivity contribution in [2.24, 2.45) is 5.92 Å². The lowest BCUT2D eigenvalue weighted by molar-refractivity contribution is 0.0231. The summed E-state index contributed by atoms with van der Waals surface area (Å²) in [5.74, 6) is 0.921. The quantitative estimate of drug-likeness (QED) is 0.746. The van der Waals surface area contributed by atoms with Crippen LogP contribution in [-0.2, 0) is 0 Å². The molecular weight excluding hydrogens is 332 g/mol. The highest BCUT2D eigenvalue weighted by atomic mass is 15.3. The SMILES string of the molecule is CC(C)(C)N1CCC(CN2CCN(C3CCN(C(C)(C)C)CC3)CC2)CC1. The topological polar surface area (TPSA) is 13.0 Å². The van der Waals surface area contributed by atoms with Crippen LogP contribution in [0.15, 0.2) is 0 Å². The number of rotatable bonds is 3. The fourth-order valence-corrected chi connectivity index (χ4v) is 5.36. The van der Waals surface area contributed by atoms with Crippen LogP contribution in [0.1, 0.15) is 67.2 Å². The first-order chi connectivity index (χ1) is 12.6. The second kappa shape index (κ2) is 8.69. The maximum atomic E-state index is 2.80. The molecule has 3 heterocycles. The molecule has 0 aromatic carbocycles. The zero-order valence-electron chi connectivity index (χ0n) is 19.1. The summed E-state index contributed by atoms with van der Waals surface area (Å²) >= 11 is 0. The van der Waals surface area contributed by atoms with Crippen molar-refractivity contribution in [3.63, 3.8) is 0 Å². The summed E-state index contributed by atoms with van der Waals surface area (Å²) in [5.41, 5.74) is 0.686. The molecule has 0 saturated carbocycles. The van der Waals surface area contributed by atoms with Crippen molar-refractivity contribution in [2.45, 2.75) is 84.3 Å². The molecule has 3 rings (SSSR count). The summed E-state index contributed by atoms with van der Waals surface area (Å²) in [7, 11) is 0. The van der Waals surface area contributed by atoms with E-state index in [0.717, 1.165) is 12.0 Å². The molecule has 0 aromatic rings. The van der Waals surface area contributed by atoms with Gasteiger partial charge in [-0.2, -0.15) is 0 Å². The number of piperazine rings is 1. The molecular formula is C23H46N4. The van der Waals surface area contributed by atoms with Gasteiger partial charge in [-0.3, -0.25) is 14.7 Å². The Balaban J connectivity index is 1.35. The highest BCUT2D eigenvalue weighted by Gasteiger charge is 2.32. The molecule has 3 fully saturated rings. The highest BCUT2D eigenvalue weighted by molar-refractivity contribution is 4.88. The summed E-state index contributed by atoms with van der Waals surface area (Å²) in [4.78, 5) is 10.9. The van der Waals surface area contributed by atoms with Gasteiger partial charge in [-0.25, -0.2) is 0 Å². The minimum absolute atomic E-state index is 0.340. The van der Waals surface area contributed by atoms with Gasteiger partial charge in [0.15, 0.2) is 0 Å². The van der Waals surface area contributed by atoms with Gasteiger partial charge < -0.3 is 4.90 Å². The van der Waals surface area contributed by atoms with Gasteiger partial charge in [0.25, 0.3) is 0 Å². The zero-order chi connectivity index (χ0) is 19.7. The molecule has 0 bridgehead atoms. The van der Waals surface area contributed by atoms with Crippen molar-refractivity contribution < 1.29 is 0 Å². The lowest BCUT2D eigenvalue weighted by atomic mass is 9.92. The van der Waals surface area contributed by atoms with E-state index < -0.39 is 0 Å². The monoisotopic (exact) mass is 378 g/mol. The van der Waals surface area contributed by atoms with Gasteiger partial charge in [-0.1, -0.05) is 0 Å². The molecule has 0 radical (unpaired) electrons. The molecule has 0 aromatic heterocycles. The molecule has 158 valence electrons. The minimum Gasteiger partial charge on any atom is -0.301 e. The van der Waals surface area contributed by atoms with E-state index in [0.29, 0.717) is 11.1 Å². The van der Waals surface area contributed by atoms with E-state index >= 15 is 0 Å². The fourth-order valence-electron chi connectivity index (χ4n) is 5.36. The Labute approximate surface area is 169 Å². The summed E-state index contributed by atoms with van der Waals surface area (Å²) in [6, 6.07) is 0.834. The van der Waals surface area contributed by atoms with Crippen LogP contribution in [0.5, 0.6) is 0 Å². The van der Waals surface area contributed by atoms with Gasteiger partial charge in [-0.15, -0.1) is 0 Å². The third-order valence-corrected chi connectivity index (χ3v) is 7.42. The molecule has 4 heteroatoms. The Kier molecular flexibility index (Phi) is 6.93. The Bertz CT molecular complexity index is 440. The molecule has 0 atom stereocenters. The molecule has 27 heavy (non-hydrogen) atoms. The van der Waals surface area contributed by atoms with Crippen LogP contribution in [0.25, 0.3) is 0 Å². The highest BCUT2D eigenvalue weighted by Crippen LogP contribution is 2.26. The third kappa shape index (κ3) is 5.91. The fraction of sp³-hybridized carbons (Fsp3) is 1.00. The summed E-state index contributed by atoms with van der Waals surface area (Å²) < 4.78 is 0. The van der Waals surface area contributed by atoms with Crippen LogP contribution >= 0.6 is 0 Å². The number of piperidine rings is 2. The molecule has 3 aliphatic heterocycles. The summed E-state index contributed by atoms with van der Waals surface area (Å²) in [5, 5.41) is 0. The van der Waals surface area contributed by atoms with E-state index in [1.54, 1.807) is 0 Å². The largest absolute Gasteiger partial charge is 0.301 e. The molecule has 0 amide bonds. The van der Waals surface area contributed by atoms with Crippen molar-refractivity contribution in [1.82, 2.24) is 19.6 Å². The molecule has 3 aliphatic rings. The zero-order valence-corrected chi connectivity index (χ0v) is 19.1. The predicted octanol–water partition coefficient (Wildman–Crippen LogP) is 3.38. The van der Waals surface area contributed by atoms with Crippen molar-refractivity contribution in [3.8, 4) is 0 Å². The van der Waals surface area contributed by atoms with Crippen LogP contribution in [0.2, 0.25) is 0 Å². The molecule has 0 N–H and O–H groups in total. The van der Waals surface area contributed by atoms with Gasteiger partial charge in [0.1, 0.15) is 0 Å². The Morgan fingerprint density at radius 1 is 0.593 bits per heavy atom. The maximum absolute atomic E-state index is 2.80. The lowest BCUT2D eigenvalue weighted by Gasteiger charge is -2.46. The van der Waals surface area contributed by atoms with Crippen molar-refractivity contribution >= 4 is 0 Å². The second-order valence-corrected chi connectivity index (χ2v) is 11.3. The van der Waals surface area contributed by atoms with Crippen molar-refractivity contribution in [3.05, 3.63) is 0 Å². The van der Waals surface area contributed by atoms with Gasteiger partial charge in [-0.05, 0) is 86.2 Å². The molecule has 0 spiro atoms. The second-order valence-electron chi connectivity index (χ2n) is 11.3. The smallest absolute Gasteiger partial charge is 0.0125 e. The van der Waals surface area contributed by atoms with Crippen molar-refractivity contribution in [2.75, 3.05) is 58.9 Å². The molecule has 0 unspecified atom stereocenters. The Morgan fingerprint density at radius 2 is 1.04 bits per heavy atom. The number of likely N-dealkylation sites (tertiary alicyclic amines) is 2.